The normalized spacial score (nSPS) is 13.9. The monoisotopic (exact) mass is 384 g/mol. The van der Waals surface area contributed by atoms with Crippen LogP contribution in [0.1, 0.15) is 35.2 Å². The number of rotatable bonds is 6. The van der Waals surface area contributed by atoms with Gasteiger partial charge in [-0.3, -0.25) is 0 Å². The van der Waals surface area contributed by atoms with Gasteiger partial charge in [0.25, 0.3) is 5.03 Å². The average molecular weight is 385 g/mol. The number of carboxylic acids is 1. The zero-order valence-electron chi connectivity index (χ0n) is 13.7. The van der Waals surface area contributed by atoms with Crippen molar-refractivity contribution in [2.45, 2.75) is 31.3 Å². The Balaban J connectivity index is 2.08. The minimum atomic E-state index is -1.51. The number of carbonyl (C=O) groups is 1. The molecule has 1 N–H and O–H groups in total. The molecule has 7 nitrogen and oxygen atoms in total. The molecule has 1 aromatic heterocycles. The molecule has 9 heteroatoms. The molecule has 0 amide bonds. The van der Waals surface area contributed by atoms with E-state index in [-0.39, 0.29) is 24.1 Å². The first-order valence-electron chi connectivity index (χ1n) is 7.66. The van der Waals surface area contributed by atoms with Crippen LogP contribution in [0.15, 0.2) is 17.2 Å². The Hall–Kier alpha value is -1.90. The Bertz CT molecular complexity index is 821. The van der Waals surface area contributed by atoms with Crippen LogP contribution in [-0.4, -0.2) is 38.2 Å². The molecule has 25 heavy (non-hydrogen) atoms. The largest absolute Gasteiger partial charge is 0.610 e. The zero-order valence-corrected chi connectivity index (χ0v) is 15.3. The Morgan fingerprint density at radius 1 is 1.44 bits per heavy atom. The lowest BCUT2D eigenvalue weighted by Crippen LogP contribution is -2.15. The fourth-order valence-corrected chi connectivity index (χ4v) is 3.64. The van der Waals surface area contributed by atoms with Gasteiger partial charge in [0.2, 0.25) is 12.5 Å². The van der Waals surface area contributed by atoms with E-state index < -0.39 is 17.1 Å². The summed E-state index contributed by atoms with van der Waals surface area (Å²) in [5.41, 5.74) is 0.606. The predicted octanol–water partition coefficient (Wildman–Crippen LogP) is 2.70. The molecular weight excluding hydrogens is 368 g/mol. The molecule has 134 valence electrons. The van der Waals surface area contributed by atoms with Crippen molar-refractivity contribution in [3.63, 3.8) is 0 Å². The number of benzene rings is 1. The summed E-state index contributed by atoms with van der Waals surface area (Å²) in [4.78, 5) is 16.1. The number of aryl methyl sites for hydroxylation is 1. The highest BCUT2D eigenvalue weighted by atomic mass is 35.5. The second-order valence-electron chi connectivity index (χ2n) is 5.57. The van der Waals surface area contributed by atoms with E-state index in [1.54, 1.807) is 16.7 Å². The number of hydrogen-bond donors (Lipinski definition) is 1. The Labute approximate surface area is 152 Å². The number of ether oxygens (including phenoxy) is 2. The van der Waals surface area contributed by atoms with Crippen molar-refractivity contribution in [3.8, 4) is 11.5 Å². The fourth-order valence-electron chi connectivity index (χ4n) is 2.72. The first-order chi connectivity index (χ1) is 11.9. The number of nitrogens with zero attached hydrogens (tertiary/aromatic N) is 2. The summed E-state index contributed by atoms with van der Waals surface area (Å²) in [5.74, 6) is 0.519. The Morgan fingerprint density at radius 3 is 2.72 bits per heavy atom. The van der Waals surface area contributed by atoms with Crippen LogP contribution in [0, 0.1) is 0 Å². The maximum absolute atomic E-state index is 11.9. The van der Waals surface area contributed by atoms with Gasteiger partial charge in [0.05, 0.1) is 6.54 Å². The number of imidazole rings is 1. The minimum absolute atomic E-state index is 0.0713. The lowest BCUT2D eigenvalue weighted by atomic mass is 10.2. The summed E-state index contributed by atoms with van der Waals surface area (Å²) < 4.78 is 24.1. The highest BCUT2D eigenvalue weighted by Gasteiger charge is 2.29. The van der Waals surface area contributed by atoms with E-state index in [0.29, 0.717) is 34.3 Å². The van der Waals surface area contributed by atoms with E-state index >= 15 is 0 Å². The van der Waals surface area contributed by atoms with Crippen LogP contribution in [0.2, 0.25) is 5.02 Å². The SMILES string of the molecule is CCCc1nc([S+](C)[O-])c(C(=O)O)n1Cc1cc2c(cc1Cl)OCO2. The molecule has 1 aliphatic rings. The molecular formula is C16H17ClN2O5S. The maximum Gasteiger partial charge on any atom is 0.359 e. The smallest absolute Gasteiger partial charge is 0.359 e. The van der Waals surface area contributed by atoms with Gasteiger partial charge in [-0.1, -0.05) is 18.5 Å². The third kappa shape index (κ3) is 3.42. The lowest BCUT2D eigenvalue weighted by molar-refractivity contribution is 0.0680. The minimum Gasteiger partial charge on any atom is -0.610 e. The molecule has 3 rings (SSSR count). The predicted molar refractivity (Wildman–Crippen MR) is 92.2 cm³/mol. The standard InChI is InChI=1S/C16H17ClN2O5S/c1-3-4-13-18-15(25(2)22)14(16(20)21)19(13)7-9-5-11-12(6-10(9)17)24-8-23-11/h5-6H,3-4,7-8H2,1-2H3,(H,20,21). The molecule has 1 aromatic carbocycles. The molecule has 0 fully saturated rings. The molecule has 0 spiro atoms. The van der Waals surface area contributed by atoms with Gasteiger partial charge >= 0.3 is 5.97 Å². The highest BCUT2D eigenvalue weighted by Crippen LogP contribution is 2.37. The highest BCUT2D eigenvalue weighted by molar-refractivity contribution is 7.90. The van der Waals surface area contributed by atoms with E-state index in [1.807, 2.05) is 6.92 Å². The molecule has 0 radical (unpaired) electrons. The fraction of sp³-hybridized carbons (Fsp3) is 0.375. The van der Waals surface area contributed by atoms with Crippen molar-refractivity contribution < 1.29 is 23.9 Å². The van der Waals surface area contributed by atoms with Crippen molar-refractivity contribution in [1.29, 1.82) is 0 Å². The third-order valence-electron chi connectivity index (χ3n) is 3.83. The second kappa shape index (κ2) is 7.15. The number of halogens is 1. The summed E-state index contributed by atoms with van der Waals surface area (Å²) in [6, 6.07) is 3.38. The summed E-state index contributed by atoms with van der Waals surface area (Å²) in [7, 11) is 0. The van der Waals surface area contributed by atoms with Crippen molar-refractivity contribution in [2.24, 2.45) is 0 Å². The number of aromatic nitrogens is 2. The van der Waals surface area contributed by atoms with Crippen molar-refractivity contribution in [3.05, 3.63) is 34.2 Å². The van der Waals surface area contributed by atoms with Gasteiger partial charge in [0.1, 0.15) is 12.1 Å². The van der Waals surface area contributed by atoms with Crippen molar-refractivity contribution in [2.75, 3.05) is 13.0 Å². The maximum atomic E-state index is 11.9. The van der Waals surface area contributed by atoms with E-state index in [9.17, 15) is 14.5 Å². The van der Waals surface area contributed by atoms with Crippen LogP contribution in [0.5, 0.6) is 11.5 Å². The summed E-state index contributed by atoms with van der Waals surface area (Å²) in [5, 5.41) is 10.1. The zero-order chi connectivity index (χ0) is 18.1. The van der Waals surface area contributed by atoms with E-state index in [4.69, 9.17) is 21.1 Å². The van der Waals surface area contributed by atoms with Crippen molar-refractivity contribution >= 4 is 28.7 Å². The van der Waals surface area contributed by atoms with Gasteiger partial charge in [0, 0.05) is 28.7 Å². The van der Waals surface area contributed by atoms with Crippen LogP contribution >= 0.6 is 11.6 Å². The van der Waals surface area contributed by atoms with Crippen LogP contribution in [0.25, 0.3) is 0 Å². The quantitative estimate of drug-likeness (QED) is 0.769. The molecule has 0 saturated heterocycles. The van der Waals surface area contributed by atoms with Gasteiger partial charge < -0.3 is 23.7 Å². The first kappa shape index (κ1) is 17.9. The second-order valence-corrected chi connectivity index (χ2v) is 7.28. The molecule has 1 atom stereocenters. The van der Waals surface area contributed by atoms with Gasteiger partial charge in [-0.25, -0.2) is 4.79 Å². The van der Waals surface area contributed by atoms with Crippen LogP contribution in [0.4, 0.5) is 0 Å². The topological polar surface area (TPSA) is 96.6 Å². The van der Waals surface area contributed by atoms with E-state index in [1.165, 1.54) is 6.26 Å². The lowest BCUT2D eigenvalue weighted by Gasteiger charge is -2.12. The van der Waals surface area contributed by atoms with Gasteiger partial charge in [-0.05, 0) is 18.1 Å². The number of aromatic carboxylic acids is 1. The van der Waals surface area contributed by atoms with Gasteiger partial charge in [-0.15, -0.1) is 0 Å². The number of hydrogen-bond acceptors (Lipinski definition) is 5. The molecule has 0 bridgehead atoms. The summed E-state index contributed by atoms with van der Waals surface area (Å²) in [6.07, 6.45) is 2.77. The van der Waals surface area contributed by atoms with Crippen molar-refractivity contribution in [1.82, 2.24) is 9.55 Å². The molecule has 1 unspecified atom stereocenters. The Kier molecular flexibility index (Phi) is 5.12. The number of fused-ring (bicyclic) bond motifs is 1. The summed E-state index contributed by atoms with van der Waals surface area (Å²) >= 11 is 4.80. The van der Waals surface area contributed by atoms with Gasteiger partial charge in [0.15, 0.2) is 11.5 Å². The average Bonchev–Trinajstić information content (AvgIpc) is 3.13. The van der Waals surface area contributed by atoms with Crippen LogP contribution in [-0.2, 0) is 24.1 Å². The molecule has 0 saturated carbocycles. The number of carboxylic acid groups (broad SMARTS) is 1. The first-order valence-corrected chi connectivity index (χ1v) is 9.60. The van der Waals surface area contributed by atoms with Crippen LogP contribution < -0.4 is 9.47 Å². The molecule has 1 aliphatic heterocycles. The van der Waals surface area contributed by atoms with E-state index in [0.717, 1.165) is 6.42 Å². The van der Waals surface area contributed by atoms with E-state index in [2.05, 4.69) is 4.98 Å². The molecule has 2 heterocycles. The third-order valence-corrected chi connectivity index (χ3v) is 5.01. The Morgan fingerprint density at radius 2 is 2.12 bits per heavy atom. The van der Waals surface area contributed by atoms with Crippen LogP contribution in [0.3, 0.4) is 0 Å². The van der Waals surface area contributed by atoms with Gasteiger partial charge in [-0.2, -0.15) is 4.98 Å². The molecule has 2 aromatic rings. The summed E-state index contributed by atoms with van der Waals surface area (Å²) in [6.45, 7) is 2.28. The molecule has 0 aliphatic carbocycles.